The molecule has 1 aromatic heterocycles. The van der Waals surface area contributed by atoms with Crippen LogP contribution in [0.1, 0.15) is 31.4 Å². The zero-order chi connectivity index (χ0) is 21.0. The molecule has 1 saturated heterocycles. The Morgan fingerprint density at radius 3 is 2.59 bits per heavy atom. The minimum Gasteiger partial charge on any atom is -0.406 e. The molecule has 1 N–H and O–H groups in total. The Morgan fingerprint density at radius 1 is 1.24 bits per heavy atom. The van der Waals surface area contributed by atoms with E-state index >= 15 is 0 Å². The number of nitrogens with zero attached hydrogens (tertiary/aromatic N) is 3. The van der Waals surface area contributed by atoms with Gasteiger partial charge in [0.2, 0.25) is 5.91 Å². The summed E-state index contributed by atoms with van der Waals surface area (Å²) in [4.78, 5) is 14.7. The standard InChI is InChI=1S/C19H20ClF3N4O2/c1-12(13-4-6-15(7-5-13)29-19(21,22)23)24-18(28)14-3-2-10-27(11-14)17-9-8-16(20)25-26-17/h4-9,12,14H,2-3,10-11H2,1H3,(H,24,28)/t12-,14+/m1/s1. The quantitative estimate of drug-likeness (QED) is 0.775. The molecule has 1 fully saturated rings. The molecule has 29 heavy (non-hydrogen) atoms. The largest absolute Gasteiger partial charge is 0.573 e. The maximum absolute atomic E-state index is 12.7. The average molecular weight is 429 g/mol. The van der Waals surface area contributed by atoms with Gasteiger partial charge in [-0.25, -0.2) is 0 Å². The van der Waals surface area contributed by atoms with E-state index in [0.29, 0.717) is 23.1 Å². The number of carbonyl (C=O) groups is 1. The van der Waals surface area contributed by atoms with E-state index in [0.717, 1.165) is 19.4 Å². The van der Waals surface area contributed by atoms with Crippen molar-refractivity contribution >= 4 is 23.3 Å². The Hall–Kier alpha value is -2.55. The molecule has 0 radical (unpaired) electrons. The highest BCUT2D eigenvalue weighted by Crippen LogP contribution is 2.26. The predicted octanol–water partition coefficient (Wildman–Crippen LogP) is 4.12. The Labute approximate surface area is 171 Å². The lowest BCUT2D eigenvalue weighted by Crippen LogP contribution is -2.44. The smallest absolute Gasteiger partial charge is 0.406 e. The van der Waals surface area contributed by atoms with Gasteiger partial charge in [-0.3, -0.25) is 4.79 Å². The van der Waals surface area contributed by atoms with Crippen molar-refractivity contribution in [3.8, 4) is 5.75 Å². The van der Waals surface area contributed by atoms with E-state index in [1.807, 2.05) is 4.90 Å². The van der Waals surface area contributed by atoms with Crippen LogP contribution in [-0.2, 0) is 4.79 Å². The number of ether oxygens (including phenoxy) is 1. The topological polar surface area (TPSA) is 67.4 Å². The summed E-state index contributed by atoms with van der Waals surface area (Å²) >= 11 is 5.77. The van der Waals surface area contributed by atoms with Crippen LogP contribution in [0.25, 0.3) is 0 Å². The van der Waals surface area contributed by atoms with Crippen LogP contribution in [0.2, 0.25) is 5.15 Å². The number of aromatic nitrogens is 2. The molecule has 1 aliphatic heterocycles. The first-order valence-electron chi connectivity index (χ1n) is 9.11. The second kappa shape index (κ2) is 8.86. The third kappa shape index (κ3) is 5.96. The number of piperidine rings is 1. The van der Waals surface area contributed by atoms with Crippen molar-refractivity contribution in [1.29, 1.82) is 0 Å². The van der Waals surface area contributed by atoms with Crippen LogP contribution < -0.4 is 15.0 Å². The molecular weight excluding hydrogens is 409 g/mol. The molecule has 2 aromatic rings. The fourth-order valence-electron chi connectivity index (χ4n) is 3.25. The molecule has 0 spiro atoms. The number of halogens is 4. The lowest BCUT2D eigenvalue weighted by Gasteiger charge is -2.33. The Bertz CT molecular complexity index is 831. The molecule has 6 nitrogen and oxygen atoms in total. The number of rotatable bonds is 5. The van der Waals surface area contributed by atoms with Crippen molar-refractivity contribution in [3.63, 3.8) is 0 Å². The Kier molecular flexibility index (Phi) is 6.46. The molecule has 3 rings (SSSR count). The van der Waals surface area contributed by atoms with Crippen molar-refractivity contribution in [2.45, 2.75) is 32.2 Å². The number of anilines is 1. The van der Waals surface area contributed by atoms with Crippen LogP contribution >= 0.6 is 11.6 Å². The summed E-state index contributed by atoms with van der Waals surface area (Å²) in [7, 11) is 0. The highest BCUT2D eigenvalue weighted by molar-refractivity contribution is 6.29. The van der Waals surface area contributed by atoms with Crippen molar-refractivity contribution < 1.29 is 22.7 Å². The number of nitrogens with one attached hydrogen (secondary N) is 1. The van der Waals surface area contributed by atoms with E-state index in [-0.39, 0.29) is 23.6 Å². The monoisotopic (exact) mass is 428 g/mol. The molecular formula is C19H20ClF3N4O2. The minimum absolute atomic E-state index is 0.111. The van der Waals surface area contributed by atoms with Gasteiger partial charge in [0.05, 0.1) is 12.0 Å². The molecule has 2 heterocycles. The molecule has 0 aliphatic carbocycles. The first-order chi connectivity index (χ1) is 13.7. The van der Waals surface area contributed by atoms with Crippen LogP contribution in [0, 0.1) is 5.92 Å². The zero-order valence-corrected chi connectivity index (χ0v) is 16.4. The van der Waals surface area contributed by atoms with Gasteiger partial charge in [-0.15, -0.1) is 23.4 Å². The molecule has 2 atom stereocenters. The maximum atomic E-state index is 12.7. The van der Waals surface area contributed by atoms with Crippen LogP contribution in [0.4, 0.5) is 19.0 Å². The van der Waals surface area contributed by atoms with Gasteiger partial charge in [0.15, 0.2) is 11.0 Å². The summed E-state index contributed by atoms with van der Waals surface area (Å²) in [6, 6.07) is 8.53. The summed E-state index contributed by atoms with van der Waals surface area (Å²) in [6.07, 6.45) is -3.16. The third-order valence-electron chi connectivity index (χ3n) is 4.71. The Balaban J connectivity index is 1.58. The van der Waals surface area contributed by atoms with Gasteiger partial charge in [0.25, 0.3) is 0 Å². The van der Waals surface area contributed by atoms with Crippen LogP contribution in [0.5, 0.6) is 5.75 Å². The first kappa shape index (κ1) is 21.2. The summed E-state index contributed by atoms with van der Waals surface area (Å²) in [5.74, 6) is 0.0308. The summed E-state index contributed by atoms with van der Waals surface area (Å²) in [6.45, 7) is 3.06. The van der Waals surface area contributed by atoms with Gasteiger partial charge in [-0.05, 0) is 49.6 Å². The van der Waals surface area contributed by atoms with Gasteiger partial charge in [0, 0.05) is 13.1 Å². The number of carbonyl (C=O) groups excluding carboxylic acids is 1. The predicted molar refractivity (Wildman–Crippen MR) is 102 cm³/mol. The van der Waals surface area contributed by atoms with Crippen LogP contribution in [-0.4, -0.2) is 35.6 Å². The molecule has 1 aromatic carbocycles. The normalized spacial score (nSPS) is 18.2. The summed E-state index contributed by atoms with van der Waals surface area (Å²) in [5, 5.41) is 11.1. The summed E-state index contributed by atoms with van der Waals surface area (Å²) < 4.78 is 40.6. The minimum atomic E-state index is -4.73. The van der Waals surface area contributed by atoms with Gasteiger partial charge in [-0.1, -0.05) is 23.7 Å². The molecule has 10 heteroatoms. The number of amides is 1. The zero-order valence-electron chi connectivity index (χ0n) is 15.6. The maximum Gasteiger partial charge on any atom is 0.573 e. The Morgan fingerprint density at radius 2 is 1.97 bits per heavy atom. The SMILES string of the molecule is C[C@@H](NC(=O)[C@H]1CCCN(c2ccc(Cl)nn2)C1)c1ccc(OC(F)(F)F)cc1. The number of alkyl halides is 3. The molecule has 156 valence electrons. The highest BCUT2D eigenvalue weighted by atomic mass is 35.5. The fraction of sp³-hybridized carbons (Fsp3) is 0.421. The van der Waals surface area contributed by atoms with E-state index in [4.69, 9.17) is 11.6 Å². The van der Waals surface area contributed by atoms with E-state index in [2.05, 4.69) is 20.3 Å². The van der Waals surface area contributed by atoms with Gasteiger partial charge >= 0.3 is 6.36 Å². The molecule has 0 unspecified atom stereocenters. The number of hydrogen-bond acceptors (Lipinski definition) is 5. The van der Waals surface area contributed by atoms with Crippen molar-refractivity contribution in [1.82, 2.24) is 15.5 Å². The highest BCUT2D eigenvalue weighted by Gasteiger charge is 2.31. The van der Waals surface area contributed by atoms with Crippen molar-refractivity contribution in [2.24, 2.45) is 5.92 Å². The van der Waals surface area contributed by atoms with Gasteiger partial charge < -0.3 is 15.0 Å². The average Bonchev–Trinajstić information content (AvgIpc) is 2.68. The first-order valence-corrected chi connectivity index (χ1v) is 9.49. The van der Waals surface area contributed by atoms with E-state index in [9.17, 15) is 18.0 Å². The van der Waals surface area contributed by atoms with Gasteiger partial charge in [0.1, 0.15) is 5.75 Å². The van der Waals surface area contributed by atoms with Gasteiger partial charge in [-0.2, -0.15) is 0 Å². The van der Waals surface area contributed by atoms with Crippen molar-refractivity contribution in [3.05, 3.63) is 47.1 Å². The van der Waals surface area contributed by atoms with E-state index < -0.39 is 6.36 Å². The summed E-state index contributed by atoms with van der Waals surface area (Å²) in [5.41, 5.74) is 0.684. The van der Waals surface area contributed by atoms with E-state index in [1.54, 1.807) is 19.1 Å². The number of benzene rings is 1. The fourth-order valence-corrected chi connectivity index (χ4v) is 3.35. The molecule has 1 amide bonds. The lowest BCUT2D eigenvalue weighted by molar-refractivity contribution is -0.274. The molecule has 0 saturated carbocycles. The second-order valence-electron chi connectivity index (χ2n) is 6.85. The molecule has 1 aliphatic rings. The number of hydrogen-bond donors (Lipinski definition) is 1. The second-order valence-corrected chi connectivity index (χ2v) is 7.23. The lowest BCUT2D eigenvalue weighted by atomic mass is 9.96. The van der Waals surface area contributed by atoms with Crippen molar-refractivity contribution in [2.75, 3.05) is 18.0 Å². The molecule has 0 bridgehead atoms. The van der Waals surface area contributed by atoms with Crippen LogP contribution in [0.15, 0.2) is 36.4 Å². The third-order valence-corrected chi connectivity index (χ3v) is 4.91. The van der Waals surface area contributed by atoms with Crippen LogP contribution in [0.3, 0.4) is 0 Å². The van der Waals surface area contributed by atoms with E-state index in [1.165, 1.54) is 24.3 Å².